The van der Waals surface area contributed by atoms with Crippen molar-refractivity contribution in [2.45, 2.75) is 11.4 Å². The quantitative estimate of drug-likeness (QED) is 0.760. The van der Waals surface area contributed by atoms with Crippen LogP contribution in [-0.2, 0) is 21.3 Å². The van der Waals surface area contributed by atoms with Crippen LogP contribution in [0.3, 0.4) is 0 Å². The zero-order valence-corrected chi connectivity index (χ0v) is 15.8. The van der Waals surface area contributed by atoms with Gasteiger partial charge < -0.3 is 9.64 Å². The molecule has 1 aliphatic heterocycles. The van der Waals surface area contributed by atoms with E-state index < -0.39 is 15.8 Å². The Bertz CT molecular complexity index is 925. The number of nitrogens with one attached hydrogen (secondary N) is 1. The smallest absolute Gasteiger partial charge is 0.337 e. The van der Waals surface area contributed by atoms with Gasteiger partial charge in [-0.15, -0.1) is 0 Å². The molecule has 1 heterocycles. The first-order valence-corrected chi connectivity index (χ1v) is 10.1. The van der Waals surface area contributed by atoms with E-state index in [2.05, 4.69) is 0 Å². The van der Waals surface area contributed by atoms with Crippen LogP contribution >= 0.6 is 0 Å². The molecule has 0 atom stereocenters. The molecule has 27 heavy (non-hydrogen) atoms. The number of carbonyl (C=O) groups is 1. The maximum absolute atomic E-state index is 13.4. The fourth-order valence-corrected chi connectivity index (χ4v) is 4.68. The van der Waals surface area contributed by atoms with Crippen molar-refractivity contribution in [2.75, 3.05) is 33.3 Å². The van der Waals surface area contributed by atoms with Crippen LogP contribution in [0.15, 0.2) is 53.4 Å². The highest BCUT2D eigenvalue weighted by atomic mass is 32.2. The third kappa shape index (κ3) is 4.52. The third-order valence-electron chi connectivity index (χ3n) is 4.67. The van der Waals surface area contributed by atoms with Crippen LogP contribution in [-0.4, -0.2) is 52.0 Å². The lowest BCUT2D eigenvalue weighted by atomic mass is 10.1. The summed E-state index contributed by atoms with van der Waals surface area (Å²) < 4.78 is 44.8. The predicted molar refractivity (Wildman–Crippen MR) is 97.3 cm³/mol. The zero-order chi connectivity index (χ0) is 19.4. The molecule has 2 aromatic rings. The third-order valence-corrected chi connectivity index (χ3v) is 6.56. The molecule has 0 amide bonds. The van der Waals surface area contributed by atoms with Crippen LogP contribution in [0.5, 0.6) is 0 Å². The van der Waals surface area contributed by atoms with Gasteiger partial charge in [-0.25, -0.2) is 17.6 Å². The van der Waals surface area contributed by atoms with Crippen LogP contribution in [0.1, 0.15) is 15.9 Å². The van der Waals surface area contributed by atoms with Crippen molar-refractivity contribution in [3.8, 4) is 0 Å². The van der Waals surface area contributed by atoms with Crippen molar-refractivity contribution in [1.82, 2.24) is 4.31 Å². The molecule has 0 saturated carbocycles. The first-order valence-electron chi connectivity index (χ1n) is 8.66. The minimum Gasteiger partial charge on any atom is -0.465 e. The number of methoxy groups -OCH3 is 1. The van der Waals surface area contributed by atoms with Gasteiger partial charge >= 0.3 is 5.97 Å². The van der Waals surface area contributed by atoms with Crippen molar-refractivity contribution in [1.29, 1.82) is 0 Å². The molecule has 0 radical (unpaired) electrons. The van der Waals surface area contributed by atoms with Crippen molar-refractivity contribution in [3.05, 3.63) is 65.5 Å². The van der Waals surface area contributed by atoms with E-state index in [9.17, 15) is 17.6 Å². The topological polar surface area (TPSA) is 68.1 Å². The van der Waals surface area contributed by atoms with E-state index in [0.717, 1.165) is 11.6 Å². The molecule has 0 spiro atoms. The Morgan fingerprint density at radius 3 is 2.52 bits per heavy atom. The minimum atomic E-state index is -3.68. The lowest BCUT2D eigenvalue weighted by Crippen LogP contribution is -3.13. The van der Waals surface area contributed by atoms with E-state index in [1.807, 2.05) is 12.1 Å². The number of rotatable bonds is 5. The van der Waals surface area contributed by atoms with E-state index in [4.69, 9.17) is 4.74 Å². The Morgan fingerprint density at radius 2 is 1.85 bits per heavy atom. The SMILES string of the molecule is COC(=O)c1cccc(C[NH+]2CCN(S(=O)(=O)c3cccc(F)c3)CC2)c1. The number of ether oxygens (including phenoxy) is 1. The number of quaternary nitrogens is 1. The number of benzene rings is 2. The summed E-state index contributed by atoms with van der Waals surface area (Å²) in [5.74, 6) is -0.941. The van der Waals surface area contributed by atoms with Crippen LogP contribution in [0, 0.1) is 5.82 Å². The van der Waals surface area contributed by atoms with Gasteiger partial charge in [-0.3, -0.25) is 0 Å². The number of esters is 1. The maximum Gasteiger partial charge on any atom is 0.337 e. The van der Waals surface area contributed by atoms with Crippen LogP contribution in [0.2, 0.25) is 0 Å². The molecular weight excluding hydrogens is 371 g/mol. The Morgan fingerprint density at radius 1 is 1.15 bits per heavy atom. The van der Waals surface area contributed by atoms with Gasteiger partial charge in [-0.05, 0) is 30.3 Å². The second-order valence-corrected chi connectivity index (χ2v) is 8.42. The Balaban J connectivity index is 1.63. The van der Waals surface area contributed by atoms with Gasteiger partial charge in [0.05, 0.1) is 43.7 Å². The normalized spacial score (nSPS) is 16.2. The summed E-state index contributed by atoms with van der Waals surface area (Å²) in [4.78, 5) is 12.8. The standard InChI is InChI=1S/C19H21FN2O4S/c1-26-19(23)16-5-2-4-15(12-16)14-21-8-10-22(11-9-21)27(24,25)18-7-3-6-17(20)13-18/h2-7,12-13H,8-11,14H2,1H3/p+1. The molecule has 0 unspecified atom stereocenters. The molecule has 1 fully saturated rings. The highest BCUT2D eigenvalue weighted by Crippen LogP contribution is 2.16. The number of nitrogens with zero attached hydrogens (tertiary/aromatic N) is 1. The molecule has 1 saturated heterocycles. The van der Waals surface area contributed by atoms with Gasteiger partial charge in [-0.2, -0.15) is 4.31 Å². The van der Waals surface area contributed by atoms with E-state index in [1.54, 1.807) is 12.1 Å². The fourth-order valence-electron chi connectivity index (χ4n) is 3.21. The van der Waals surface area contributed by atoms with Crippen molar-refractivity contribution < 1.29 is 27.2 Å². The molecule has 0 aliphatic carbocycles. The van der Waals surface area contributed by atoms with Crippen LogP contribution in [0.25, 0.3) is 0 Å². The van der Waals surface area contributed by atoms with Gasteiger partial charge in [0.15, 0.2) is 0 Å². The average Bonchev–Trinajstić information content (AvgIpc) is 2.68. The molecule has 0 aromatic heterocycles. The highest BCUT2D eigenvalue weighted by molar-refractivity contribution is 7.89. The summed E-state index contributed by atoms with van der Waals surface area (Å²) in [7, 11) is -2.34. The number of halogens is 1. The van der Waals surface area contributed by atoms with Gasteiger partial charge in [0, 0.05) is 5.56 Å². The molecule has 144 valence electrons. The van der Waals surface area contributed by atoms with Gasteiger partial charge in [-0.1, -0.05) is 18.2 Å². The lowest BCUT2D eigenvalue weighted by molar-refractivity contribution is -0.917. The molecule has 1 aliphatic rings. The lowest BCUT2D eigenvalue weighted by Gasteiger charge is -2.31. The average molecular weight is 393 g/mol. The number of piperazine rings is 1. The Labute approximate surface area is 158 Å². The van der Waals surface area contributed by atoms with Gasteiger partial charge in [0.2, 0.25) is 10.0 Å². The molecule has 8 heteroatoms. The summed E-state index contributed by atoms with van der Waals surface area (Å²) in [5, 5.41) is 0. The van der Waals surface area contributed by atoms with E-state index in [-0.39, 0.29) is 10.9 Å². The first-order chi connectivity index (χ1) is 12.9. The van der Waals surface area contributed by atoms with E-state index in [1.165, 1.54) is 34.5 Å². The van der Waals surface area contributed by atoms with Gasteiger partial charge in [0.25, 0.3) is 0 Å². The number of hydrogen-bond acceptors (Lipinski definition) is 4. The Hall–Kier alpha value is -2.29. The second-order valence-electron chi connectivity index (χ2n) is 6.48. The van der Waals surface area contributed by atoms with Crippen molar-refractivity contribution >= 4 is 16.0 Å². The monoisotopic (exact) mass is 393 g/mol. The summed E-state index contributed by atoms with van der Waals surface area (Å²) in [6, 6.07) is 12.3. The highest BCUT2D eigenvalue weighted by Gasteiger charge is 2.30. The summed E-state index contributed by atoms with van der Waals surface area (Å²) >= 11 is 0. The van der Waals surface area contributed by atoms with Crippen LogP contribution in [0.4, 0.5) is 4.39 Å². The summed E-state index contributed by atoms with van der Waals surface area (Å²) in [6.45, 7) is 2.70. The number of hydrogen-bond donors (Lipinski definition) is 1. The van der Waals surface area contributed by atoms with E-state index >= 15 is 0 Å². The molecule has 6 nitrogen and oxygen atoms in total. The van der Waals surface area contributed by atoms with E-state index in [0.29, 0.717) is 38.3 Å². The molecule has 0 bridgehead atoms. The largest absolute Gasteiger partial charge is 0.465 e. The van der Waals surface area contributed by atoms with Crippen molar-refractivity contribution in [3.63, 3.8) is 0 Å². The summed E-state index contributed by atoms with van der Waals surface area (Å²) in [5.41, 5.74) is 1.50. The fraction of sp³-hybridized carbons (Fsp3) is 0.316. The zero-order valence-electron chi connectivity index (χ0n) is 15.0. The predicted octanol–water partition coefficient (Wildman–Crippen LogP) is 0.702. The van der Waals surface area contributed by atoms with Crippen LogP contribution < -0.4 is 4.90 Å². The molecular formula is C19H22FN2O4S+. The van der Waals surface area contributed by atoms with Gasteiger partial charge in [0.1, 0.15) is 12.4 Å². The second kappa shape index (κ2) is 8.16. The first kappa shape index (κ1) is 19.5. The van der Waals surface area contributed by atoms with Crippen molar-refractivity contribution in [2.24, 2.45) is 0 Å². The molecule has 2 aromatic carbocycles. The maximum atomic E-state index is 13.4. The molecule has 1 N–H and O–H groups in total. The number of carbonyl (C=O) groups excluding carboxylic acids is 1. The minimum absolute atomic E-state index is 0.0169. The Kier molecular flexibility index (Phi) is 5.88. The number of sulfonamides is 1. The molecule has 3 rings (SSSR count). The summed E-state index contributed by atoms with van der Waals surface area (Å²) in [6.07, 6.45) is 0.